The molecule has 0 radical (unpaired) electrons. The zero-order valence-electron chi connectivity index (χ0n) is 10.4. The summed E-state index contributed by atoms with van der Waals surface area (Å²) in [6.07, 6.45) is -4.45. The van der Waals surface area contributed by atoms with Crippen LogP contribution in [-0.4, -0.2) is 24.7 Å². The molecule has 3 nitrogen and oxygen atoms in total. The number of aryl methyl sites for hydroxylation is 1. The molecule has 1 atom stereocenters. The summed E-state index contributed by atoms with van der Waals surface area (Å²) >= 11 is 0. The second-order valence-corrected chi connectivity index (χ2v) is 4.16. The highest BCUT2D eigenvalue weighted by Crippen LogP contribution is 2.17. The van der Waals surface area contributed by atoms with E-state index in [9.17, 15) is 22.4 Å². The van der Waals surface area contributed by atoms with Gasteiger partial charge in [-0.05, 0) is 31.5 Å². The summed E-state index contributed by atoms with van der Waals surface area (Å²) < 4.78 is 48.8. The van der Waals surface area contributed by atoms with Gasteiger partial charge in [-0.3, -0.25) is 4.79 Å². The molecule has 2 N–H and O–H groups in total. The Labute approximate surface area is 108 Å². The van der Waals surface area contributed by atoms with Crippen LogP contribution in [-0.2, 0) is 4.79 Å². The molecule has 1 rings (SSSR count). The van der Waals surface area contributed by atoms with Crippen LogP contribution in [0, 0.1) is 12.7 Å². The molecule has 0 bridgehead atoms. The number of halogens is 4. The third kappa shape index (κ3) is 5.15. The molecule has 1 amide bonds. The van der Waals surface area contributed by atoms with Crippen LogP contribution in [0.2, 0.25) is 0 Å². The van der Waals surface area contributed by atoms with Gasteiger partial charge in [-0.1, -0.05) is 6.07 Å². The summed E-state index contributed by atoms with van der Waals surface area (Å²) in [6.45, 7) is 1.71. The normalized spacial score (nSPS) is 12.9. The van der Waals surface area contributed by atoms with Gasteiger partial charge >= 0.3 is 6.18 Å². The van der Waals surface area contributed by atoms with Crippen molar-refractivity contribution < 1.29 is 22.4 Å². The van der Waals surface area contributed by atoms with Crippen molar-refractivity contribution in [3.05, 3.63) is 29.6 Å². The molecule has 0 aliphatic rings. The highest BCUT2D eigenvalue weighted by molar-refractivity contribution is 5.84. The van der Waals surface area contributed by atoms with Gasteiger partial charge in [-0.2, -0.15) is 13.2 Å². The largest absolute Gasteiger partial charge is 0.405 e. The molecule has 7 heteroatoms. The van der Waals surface area contributed by atoms with Crippen molar-refractivity contribution >= 4 is 11.6 Å². The fraction of sp³-hybridized carbons (Fsp3) is 0.417. The van der Waals surface area contributed by atoms with Crippen LogP contribution in [0.5, 0.6) is 0 Å². The van der Waals surface area contributed by atoms with Crippen molar-refractivity contribution in [1.29, 1.82) is 0 Å². The number of amides is 1. The fourth-order valence-electron chi connectivity index (χ4n) is 1.39. The van der Waals surface area contributed by atoms with Crippen molar-refractivity contribution in [2.75, 3.05) is 11.9 Å². The van der Waals surface area contributed by atoms with Crippen LogP contribution < -0.4 is 10.6 Å². The quantitative estimate of drug-likeness (QED) is 0.831. The van der Waals surface area contributed by atoms with Crippen molar-refractivity contribution in [3.63, 3.8) is 0 Å². The van der Waals surface area contributed by atoms with Crippen LogP contribution in [0.15, 0.2) is 18.2 Å². The lowest BCUT2D eigenvalue weighted by molar-refractivity contribution is -0.138. The molecule has 0 aliphatic carbocycles. The van der Waals surface area contributed by atoms with Gasteiger partial charge in [0, 0.05) is 5.69 Å². The SMILES string of the molecule is Cc1ccc(F)cc1NC(C)C(=O)NCC(F)(F)F. The van der Waals surface area contributed by atoms with Crippen molar-refractivity contribution in [2.45, 2.75) is 26.1 Å². The van der Waals surface area contributed by atoms with Gasteiger partial charge in [0.2, 0.25) is 5.91 Å². The number of benzene rings is 1. The van der Waals surface area contributed by atoms with E-state index in [0.717, 1.165) is 0 Å². The smallest absolute Gasteiger partial charge is 0.374 e. The van der Waals surface area contributed by atoms with Crippen molar-refractivity contribution in [2.24, 2.45) is 0 Å². The number of anilines is 1. The first-order valence-electron chi connectivity index (χ1n) is 5.56. The molecule has 0 spiro atoms. The van der Waals surface area contributed by atoms with E-state index >= 15 is 0 Å². The molecule has 1 aromatic rings. The van der Waals surface area contributed by atoms with E-state index in [1.54, 1.807) is 12.2 Å². The average Bonchev–Trinajstić information content (AvgIpc) is 2.29. The highest BCUT2D eigenvalue weighted by Gasteiger charge is 2.28. The molecule has 0 saturated heterocycles. The lowest BCUT2D eigenvalue weighted by Gasteiger charge is -2.17. The minimum absolute atomic E-state index is 0.370. The predicted octanol–water partition coefficient (Wildman–Crippen LogP) is 2.61. The third-order valence-corrected chi connectivity index (χ3v) is 2.43. The van der Waals surface area contributed by atoms with Gasteiger partial charge in [0.15, 0.2) is 0 Å². The second kappa shape index (κ2) is 5.90. The molecule has 19 heavy (non-hydrogen) atoms. The summed E-state index contributed by atoms with van der Waals surface area (Å²) in [7, 11) is 0. The standard InChI is InChI=1S/C12H14F4N2O/c1-7-3-4-9(13)5-10(7)18-8(2)11(19)17-6-12(14,15)16/h3-5,8,18H,6H2,1-2H3,(H,17,19). The number of hydrogen-bond donors (Lipinski definition) is 2. The van der Waals surface area contributed by atoms with Gasteiger partial charge in [0.25, 0.3) is 0 Å². The Balaban J connectivity index is 2.61. The van der Waals surface area contributed by atoms with Crippen LogP contribution in [0.25, 0.3) is 0 Å². The summed E-state index contributed by atoms with van der Waals surface area (Å²) in [5.74, 6) is -1.29. The topological polar surface area (TPSA) is 41.1 Å². The van der Waals surface area contributed by atoms with Crippen LogP contribution in [0.3, 0.4) is 0 Å². The Hall–Kier alpha value is -1.79. The number of hydrogen-bond acceptors (Lipinski definition) is 2. The monoisotopic (exact) mass is 278 g/mol. The summed E-state index contributed by atoms with van der Waals surface area (Å²) in [4.78, 5) is 11.4. The van der Waals surface area contributed by atoms with E-state index in [4.69, 9.17) is 0 Å². The summed E-state index contributed by atoms with van der Waals surface area (Å²) in [5.41, 5.74) is 1.06. The Kier molecular flexibility index (Phi) is 4.74. The Morgan fingerprint density at radius 3 is 2.58 bits per heavy atom. The zero-order valence-corrected chi connectivity index (χ0v) is 10.4. The van der Waals surface area contributed by atoms with Gasteiger partial charge in [-0.25, -0.2) is 4.39 Å². The molecule has 0 fully saturated rings. The molecular formula is C12H14F4N2O. The molecule has 1 aromatic carbocycles. The molecular weight excluding hydrogens is 264 g/mol. The van der Waals surface area contributed by atoms with Gasteiger partial charge in [-0.15, -0.1) is 0 Å². The van der Waals surface area contributed by atoms with E-state index in [1.165, 1.54) is 25.1 Å². The van der Waals surface area contributed by atoms with Crippen LogP contribution in [0.1, 0.15) is 12.5 Å². The average molecular weight is 278 g/mol. The van der Waals surface area contributed by atoms with Crippen LogP contribution >= 0.6 is 0 Å². The maximum atomic E-state index is 13.0. The van der Waals surface area contributed by atoms with Gasteiger partial charge < -0.3 is 10.6 Å². The maximum absolute atomic E-state index is 13.0. The van der Waals surface area contributed by atoms with E-state index < -0.39 is 30.5 Å². The van der Waals surface area contributed by atoms with E-state index in [0.29, 0.717) is 11.3 Å². The van der Waals surface area contributed by atoms with E-state index in [-0.39, 0.29) is 0 Å². The first kappa shape index (κ1) is 15.3. The van der Waals surface area contributed by atoms with Crippen molar-refractivity contribution in [3.8, 4) is 0 Å². The summed E-state index contributed by atoms with van der Waals surface area (Å²) in [6, 6.07) is 3.05. The van der Waals surface area contributed by atoms with Gasteiger partial charge in [0.05, 0.1) is 0 Å². The van der Waals surface area contributed by atoms with Crippen LogP contribution in [0.4, 0.5) is 23.2 Å². The molecule has 0 saturated carbocycles. The van der Waals surface area contributed by atoms with Gasteiger partial charge in [0.1, 0.15) is 18.4 Å². The number of nitrogens with one attached hydrogen (secondary N) is 2. The highest BCUT2D eigenvalue weighted by atomic mass is 19.4. The fourth-order valence-corrected chi connectivity index (χ4v) is 1.39. The van der Waals surface area contributed by atoms with Crippen molar-refractivity contribution in [1.82, 2.24) is 5.32 Å². The number of carbonyl (C=O) groups is 1. The Morgan fingerprint density at radius 1 is 1.37 bits per heavy atom. The minimum Gasteiger partial charge on any atom is -0.374 e. The predicted molar refractivity (Wildman–Crippen MR) is 63.3 cm³/mol. The first-order valence-corrected chi connectivity index (χ1v) is 5.56. The maximum Gasteiger partial charge on any atom is 0.405 e. The molecule has 1 unspecified atom stereocenters. The number of rotatable bonds is 4. The molecule has 0 aromatic heterocycles. The minimum atomic E-state index is -4.45. The Morgan fingerprint density at radius 2 is 2.00 bits per heavy atom. The third-order valence-electron chi connectivity index (χ3n) is 2.43. The number of carbonyl (C=O) groups excluding carboxylic acids is 1. The Bertz CT molecular complexity index is 460. The van der Waals surface area contributed by atoms with E-state index in [2.05, 4.69) is 5.32 Å². The second-order valence-electron chi connectivity index (χ2n) is 4.16. The lowest BCUT2D eigenvalue weighted by atomic mass is 10.1. The molecule has 0 heterocycles. The number of alkyl halides is 3. The zero-order chi connectivity index (χ0) is 14.6. The van der Waals surface area contributed by atoms with E-state index in [1.807, 2.05) is 0 Å². The lowest BCUT2D eigenvalue weighted by Crippen LogP contribution is -2.42. The first-order chi connectivity index (χ1) is 8.69. The molecule has 106 valence electrons. The summed E-state index contributed by atoms with van der Waals surface area (Å²) in [5, 5.41) is 4.42. The molecule has 0 aliphatic heterocycles.